The molecule has 1 aromatic heterocycles. The van der Waals surface area contributed by atoms with Gasteiger partial charge in [0.05, 0.1) is 5.69 Å². The molecular weight excluding hydrogens is 256 g/mol. The van der Waals surface area contributed by atoms with E-state index in [1.54, 1.807) is 0 Å². The molecule has 0 aliphatic heterocycles. The smallest absolute Gasteiger partial charge is 0.206 e. The zero-order valence-electron chi connectivity index (χ0n) is 11.5. The minimum Gasteiger partial charge on any atom is -0.288 e. The third-order valence-corrected chi connectivity index (χ3v) is 3.76. The zero-order chi connectivity index (χ0) is 13.8. The molecule has 0 N–H and O–H groups in total. The van der Waals surface area contributed by atoms with Crippen LogP contribution in [0, 0.1) is 0 Å². The molecule has 2 rings (SSSR count). The maximum atomic E-state index is 12.4. The number of hydrogen-bond donors (Lipinski definition) is 0. The minimum atomic E-state index is 0.0294. The molecule has 0 radical (unpaired) electrons. The normalized spacial score (nSPS) is 10.9. The number of carbonyl (C=O) groups is 1. The van der Waals surface area contributed by atoms with E-state index in [1.807, 2.05) is 38.1 Å². The molecule has 0 bridgehead atoms. The Bertz CT molecular complexity index is 558. The fraction of sp³-hybridized carbons (Fsp3) is 0.400. The molecule has 1 heterocycles. The van der Waals surface area contributed by atoms with Gasteiger partial charge in [-0.2, -0.15) is 0 Å². The van der Waals surface area contributed by atoms with Gasteiger partial charge in [0, 0.05) is 5.56 Å². The van der Waals surface area contributed by atoms with Crippen molar-refractivity contribution >= 4 is 17.3 Å². The lowest BCUT2D eigenvalue weighted by Crippen LogP contribution is -2.04. The summed E-state index contributed by atoms with van der Waals surface area (Å²) in [6.07, 6.45) is 2.16. The van der Waals surface area contributed by atoms with Crippen LogP contribution in [0.25, 0.3) is 0 Å². The molecule has 0 aliphatic rings. The Labute approximate surface area is 117 Å². The van der Waals surface area contributed by atoms with E-state index in [4.69, 9.17) is 0 Å². The van der Waals surface area contributed by atoms with E-state index in [-0.39, 0.29) is 11.7 Å². The highest BCUT2D eigenvalue weighted by molar-refractivity contribution is 7.08. The first-order valence-electron chi connectivity index (χ1n) is 6.59. The molecule has 0 unspecified atom stereocenters. The van der Waals surface area contributed by atoms with Gasteiger partial charge in [-0.15, -0.1) is 5.10 Å². The van der Waals surface area contributed by atoms with Crippen LogP contribution in [-0.4, -0.2) is 15.4 Å². The first kappa shape index (κ1) is 13.9. The number of ketones is 1. The number of nitrogens with zero attached hydrogens (tertiary/aromatic N) is 2. The number of rotatable bonds is 5. The van der Waals surface area contributed by atoms with E-state index in [9.17, 15) is 4.79 Å². The highest BCUT2D eigenvalue weighted by Gasteiger charge is 2.19. The summed E-state index contributed by atoms with van der Waals surface area (Å²) in [6, 6.07) is 7.86. The molecule has 3 nitrogen and oxygen atoms in total. The van der Waals surface area contributed by atoms with E-state index in [0.29, 0.717) is 10.4 Å². The summed E-state index contributed by atoms with van der Waals surface area (Å²) in [4.78, 5) is 13.1. The van der Waals surface area contributed by atoms with E-state index in [2.05, 4.69) is 16.5 Å². The Hall–Kier alpha value is -1.55. The number of aryl methyl sites for hydroxylation is 1. The van der Waals surface area contributed by atoms with Gasteiger partial charge in [0.15, 0.2) is 0 Å². The Morgan fingerprint density at radius 1 is 1.26 bits per heavy atom. The highest BCUT2D eigenvalue weighted by atomic mass is 32.1. The van der Waals surface area contributed by atoms with Crippen molar-refractivity contribution < 1.29 is 4.79 Å². The van der Waals surface area contributed by atoms with Crippen LogP contribution in [0.5, 0.6) is 0 Å². The van der Waals surface area contributed by atoms with Crippen molar-refractivity contribution in [2.75, 3.05) is 0 Å². The van der Waals surface area contributed by atoms with Crippen molar-refractivity contribution in [2.24, 2.45) is 0 Å². The van der Waals surface area contributed by atoms with Gasteiger partial charge < -0.3 is 0 Å². The maximum Gasteiger partial charge on any atom is 0.206 e. The quantitative estimate of drug-likeness (QED) is 0.778. The molecule has 0 fully saturated rings. The topological polar surface area (TPSA) is 42.9 Å². The lowest BCUT2D eigenvalue weighted by molar-refractivity contribution is 0.104. The zero-order valence-corrected chi connectivity index (χ0v) is 12.3. The molecule has 100 valence electrons. The Morgan fingerprint density at radius 3 is 2.53 bits per heavy atom. The van der Waals surface area contributed by atoms with Gasteiger partial charge in [0.2, 0.25) is 5.78 Å². The molecule has 0 aliphatic carbocycles. The molecule has 4 heteroatoms. The SMILES string of the molecule is CCCc1ccc(C(=O)c2snnc2C(C)C)cc1. The predicted molar refractivity (Wildman–Crippen MR) is 77.9 cm³/mol. The summed E-state index contributed by atoms with van der Waals surface area (Å²) in [7, 11) is 0. The largest absolute Gasteiger partial charge is 0.288 e. The van der Waals surface area contributed by atoms with Gasteiger partial charge in [0.25, 0.3) is 0 Å². The van der Waals surface area contributed by atoms with Crippen molar-refractivity contribution in [3.05, 3.63) is 46.0 Å². The second-order valence-corrected chi connectivity index (χ2v) is 5.67. The van der Waals surface area contributed by atoms with Crippen molar-refractivity contribution in [3.63, 3.8) is 0 Å². The van der Waals surface area contributed by atoms with Crippen LogP contribution in [-0.2, 0) is 6.42 Å². The standard InChI is InChI=1S/C15H18N2OS/c1-4-5-11-6-8-12(9-7-11)14(18)15-13(10(2)3)16-17-19-15/h6-10H,4-5H2,1-3H3. The van der Waals surface area contributed by atoms with Gasteiger partial charge in [-0.3, -0.25) is 4.79 Å². The molecule has 0 saturated carbocycles. The van der Waals surface area contributed by atoms with Crippen molar-refractivity contribution in [2.45, 2.75) is 39.5 Å². The number of carbonyl (C=O) groups excluding carboxylic acids is 1. The average Bonchev–Trinajstić information content (AvgIpc) is 2.88. The molecule has 0 atom stereocenters. The second-order valence-electron chi connectivity index (χ2n) is 4.92. The minimum absolute atomic E-state index is 0.0294. The van der Waals surface area contributed by atoms with Crippen molar-refractivity contribution in [1.29, 1.82) is 0 Å². The van der Waals surface area contributed by atoms with Gasteiger partial charge in [-0.25, -0.2) is 0 Å². The lowest BCUT2D eigenvalue weighted by Gasteiger charge is -2.04. The third kappa shape index (κ3) is 3.07. The van der Waals surface area contributed by atoms with E-state index in [0.717, 1.165) is 18.5 Å². The fourth-order valence-corrected chi connectivity index (χ4v) is 2.76. The van der Waals surface area contributed by atoms with E-state index >= 15 is 0 Å². The summed E-state index contributed by atoms with van der Waals surface area (Å²) < 4.78 is 3.91. The molecule has 0 spiro atoms. The first-order chi connectivity index (χ1) is 9.13. The number of aromatic nitrogens is 2. The predicted octanol–water partition coefficient (Wildman–Crippen LogP) is 3.85. The number of benzene rings is 1. The molecule has 2 aromatic rings. The van der Waals surface area contributed by atoms with E-state index < -0.39 is 0 Å². The van der Waals surface area contributed by atoms with Crippen molar-refractivity contribution in [1.82, 2.24) is 9.59 Å². The van der Waals surface area contributed by atoms with Crippen LogP contribution in [0.2, 0.25) is 0 Å². The first-order valence-corrected chi connectivity index (χ1v) is 7.36. The van der Waals surface area contributed by atoms with Gasteiger partial charge in [0.1, 0.15) is 4.88 Å². The van der Waals surface area contributed by atoms with Crippen LogP contribution in [0.4, 0.5) is 0 Å². The van der Waals surface area contributed by atoms with Crippen LogP contribution >= 0.6 is 11.5 Å². The van der Waals surface area contributed by atoms with Crippen LogP contribution < -0.4 is 0 Å². The van der Waals surface area contributed by atoms with Gasteiger partial charge >= 0.3 is 0 Å². The molecule has 1 aromatic carbocycles. The summed E-state index contributed by atoms with van der Waals surface area (Å²) in [6.45, 7) is 6.20. The van der Waals surface area contributed by atoms with Gasteiger partial charge in [-0.05, 0) is 29.4 Å². The van der Waals surface area contributed by atoms with Crippen LogP contribution in [0.15, 0.2) is 24.3 Å². The van der Waals surface area contributed by atoms with Crippen molar-refractivity contribution in [3.8, 4) is 0 Å². The maximum absolute atomic E-state index is 12.4. The molecular formula is C15H18N2OS. The van der Waals surface area contributed by atoms with Crippen LogP contribution in [0.3, 0.4) is 0 Å². The summed E-state index contributed by atoms with van der Waals surface area (Å²) in [5.41, 5.74) is 2.78. The second kappa shape index (κ2) is 6.06. The lowest BCUT2D eigenvalue weighted by atomic mass is 10.0. The summed E-state index contributed by atoms with van der Waals surface area (Å²) >= 11 is 1.18. The summed E-state index contributed by atoms with van der Waals surface area (Å²) in [5.74, 6) is 0.249. The fourth-order valence-electron chi connectivity index (χ4n) is 1.98. The highest BCUT2D eigenvalue weighted by Crippen LogP contribution is 2.23. The third-order valence-electron chi connectivity index (χ3n) is 3.02. The molecule has 19 heavy (non-hydrogen) atoms. The number of hydrogen-bond acceptors (Lipinski definition) is 4. The average molecular weight is 274 g/mol. The Morgan fingerprint density at radius 2 is 1.95 bits per heavy atom. The monoisotopic (exact) mass is 274 g/mol. The Balaban J connectivity index is 2.26. The Kier molecular flexibility index (Phi) is 4.43. The molecule has 0 amide bonds. The summed E-state index contributed by atoms with van der Waals surface area (Å²) in [5, 5.41) is 4.06. The molecule has 0 saturated heterocycles. The van der Waals surface area contributed by atoms with Crippen LogP contribution in [0.1, 0.15) is 59.6 Å². The van der Waals surface area contributed by atoms with E-state index in [1.165, 1.54) is 17.1 Å². The van der Waals surface area contributed by atoms with Gasteiger partial charge in [-0.1, -0.05) is 55.9 Å².